The fourth-order valence-electron chi connectivity index (χ4n) is 3.19. The number of furan rings is 1. The van der Waals surface area contributed by atoms with Gasteiger partial charge in [-0.15, -0.1) is 11.8 Å². The number of para-hydroxylation sites is 1. The number of carbonyl (C=O) groups is 2. The molecule has 0 unspecified atom stereocenters. The lowest BCUT2D eigenvalue weighted by atomic mass is 10.1. The van der Waals surface area contributed by atoms with Crippen LogP contribution in [0.25, 0.3) is 21.9 Å². The number of methoxy groups -OCH3 is 1. The highest BCUT2D eigenvalue weighted by Crippen LogP contribution is 2.36. The third kappa shape index (κ3) is 4.26. The summed E-state index contributed by atoms with van der Waals surface area (Å²) in [5.74, 6) is 0.540. The third-order valence-corrected chi connectivity index (χ3v) is 5.53. The first-order valence-corrected chi connectivity index (χ1v) is 10.3. The van der Waals surface area contributed by atoms with Gasteiger partial charge in [-0.25, -0.2) is 0 Å². The molecule has 2 amide bonds. The van der Waals surface area contributed by atoms with E-state index in [-0.39, 0.29) is 17.6 Å². The molecule has 4 aromatic rings. The topological polar surface area (TPSA) is 80.6 Å². The van der Waals surface area contributed by atoms with Gasteiger partial charge >= 0.3 is 0 Å². The highest BCUT2D eigenvalue weighted by Gasteiger charge is 2.14. The van der Waals surface area contributed by atoms with Crippen molar-refractivity contribution in [1.29, 1.82) is 0 Å². The third-order valence-electron chi connectivity index (χ3n) is 4.52. The number of nitrogens with one attached hydrogen (secondary N) is 2. The zero-order valence-electron chi connectivity index (χ0n) is 16.5. The van der Waals surface area contributed by atoms with Crippen molar-refractivity contribution in [2.45, 2.75) is 11.8 Å². The van der Waals surface area contributed by atoms with Crippen LogP contribution < -0.4 is 15.4 Å². The number of amides is 2. The first-order chi connectivity index (χ1) is 14.5. The number of fused-ring (bicyclic) bond motifs is 3. The van der Waals surface area contributed by atoms with Gasteiger partial charge in [-0.05, 0) is 36.4 Å². The maximum Gasteiger partial charge on any atom is 0.234 e. The highest BCUT2D eigenvalue weighted by atomic mass is 32.2. The van der Waals surface area contributed by atoms with Gasteiger partial charge in [-0.1, -0.05) is 18.2 Å². The molecule has 1 heterocycles. The average Bonchev–Trinajstić information content (AvgIpc) is 3.09. The molecule has 0 bridgehead atoms. The quantitative estimate of drug-likeness (QED) is 0.415. The smallest absolute Gasteiger partial charge is 0.234 e. The summed E-state index contributed by atoms with van der Waals surface area (Å²) in [6.07, 6.45) is 0. The summed E-state index contributed by atoms with van der Waals surface area (Å²) in [6.45, 7) is 1.46. The van der Waals surface area contributed by atoms with Gasteiger partial charge in [0.05, 0.1) is 18.6 Å². The fourth-order valence-corrected chi connectivity index (χ4v) is 3.89. The van der Waals surface area contributed by atoms with Crippen molar-refractivity contribution in [3.63, 3.8) is 0 Å². The number of carbonyl (C=O) groups excluding carboxylic acids is 2. The van der Waals surface area contributed by atoms with Crippen LogP contribution in [0.15, 0.2) is 70.0 Å². The first kappa shape index (κ1) is 19.8. The number of ether oxygens (including phenoxy) is 1. The van der Waals surface area contributed by atoms with Crippen LogP contribution in [0.3, 0.4) is 0 Å². The van der Waals surface area contributed by atoms with Crippen molar-refractivity contribution in [2.75, 3.05) is 23.5 Å². The van der Waals surface area contributed by atoms with E-state index in [0.717, 1.165) is 26.9 Å². The molecule has 0 aliphatic rings. The van der Waals surface area contributed by atoms with E-state index in [2.05, 4.69) is 10.6 Å². The van der Waals surface area contributed by atoms with Crippen molar-refractivity contribution < 1.29 is 18.7 Å². The zero-order chi connectivity index (χ0) is 21.1. The molecule has 4 rings (SSSR count). The van der Waals surface area contributed by atoms with Crippen molar-refractivity contribution in [2.24, 2.45) is 0 Å². The summed E-state index contributed by atoms with van der Waals surface area (Å²) >= 11 is 1.41. The summed E-state index contributed by atoms with van der Waals surface area (Å²) in [7, 11) is 1.57. The SMILES string of the molecule is COc1cc2c(cc1NC(=O)CSc1ccc(NC(C)=O)cc1)oc1ccccc12. The van der Waals surface area contributed by atoms with Gasteiger partial charge < -0.3 is 19.8 Å². The van der Waals surface area contributed by atoms with E-state index in [0.29, 0.717) is 17.0 Å². The lowest BCUT2D eigenvalue weighted by Gasteiger charge is -2.10. The zero-order valence-corrected chi connectivity index (χ0v) is 17.3. The van der Waals surface area contributed by atoms with Crippen LogP contribution in [0.2, 0.25) is 0 Å². The predicted molar refractivity (Wildman–Crippen MR) is 120 cm³/mol. The van der Waals surface area contributed by atoms with Gasteiger partial charge in [-0.3, -0.25) is 9.59 Å². The number of benzene rings is 3. The van der Waals surface area contributed by atoms with Crippen LogP contribution in [0.4, 0.5) is 11.4 Å². The Balaban J connectivity index is 1.47. The number of thioether (sulfide) groups is 1. The van der Waals surface area contributed by atoms with Gasteiger partial charge in [-0.2, -0.15) is 0 Å². The van der Waals surface area contributed by atoms with Crippen LogP contribution in [0.5, 0.6) is 5.75 Å². The largest absolute Gasteiger partial charge is 0.495 e. The van der Waals surface area contributed by atoms with E-state index in [1.165, 1.54) is 18.7 Å². The molecular weight excluding hydrogens is 400 g/mol. The Bertz CT molecular complexity index is 1230. The Kier molecular flexibility index (Phi) is 5.63. The maximum absolute atomic E-state index is 12.5. The Morgan fingerprint density at radius 1 is 0.967 bits per heavy atom. The lowest BCUT2D eigenvalue weighted by Crippen LogP contribution is -2.14. The molecule has 7 heteroatoms. The molecule has 0 saturated heterocycles. The van der Waals surface area contributed by atoms with Gasteiger partial charge in [0.15, 0.2) is 0 Å². The summed E-state index contributed by atoms with van der Waals surface area (Å²) in [5, 5.41) is 7.56. The summed E-state index contributed by atoms with van der Waals surface area (Å²) in [4.78, 5) is 24.5. The molecule has 30 heavy (non-hydrogen) atoms. The molecule has 0 radical (unpaired) electrons. The Morgan fingerprint density at radius 2 is 1.73 bits per heavy atom. The summed E-state index contributed by atoms with van der Waals surface area (Å²) in [5.41, 5.74) is 2.76. The van der Waals surface area contributed by atoms with Crippen LogP contribution in [-0.2, 0) is 9.59 Å². The normalized spacial score (nSPS) is 10.9. The Hall–Kier alpha value is -3.45. The summed E-state index contributed by atoms with van der Waals surface area (Å²) < 4.78 is 11.4. The van der Waals surface area contributed by atoms with Crippen LogP contribution in [0, 0.1) is 0 Å². The molecule has 152 valence electrons. The van der Waals surface area contributed by atoms with E-state index < -0.39 is 0 Å². The molecule has 0 atom stereocenters. The van der Waals surface area contributed by atoms with Crippen LogP contribution >= 0.6 is 11.8 Å². The molecule has 0 aliphatic carbocycles. The monoisotopic (exact) mass is 420 g/mol. The minimum atomic E-state index is -0.153. The van der Waals surface area contributed by atoms with Crippen LogP contribution in [0.1, 0.15) is 6.92 Å². The molecule has 0 saturated carbocycles. The number of anilines is 2. The second kappa shape index (κ2) is 8.51. The summed E-state index contributed by atoms with van der Waals surface area (Å²) in [6, 6.07) is 18.8. The Morgan fingerprint density at radius 3 is 2.47 bits per heavy atom. The molecule has 2 N–H and O–H groups in total. The lowest BCUT2D eigenvalue weighted by molar-refractivity contribution is -0.114. The van der Waals surface area contributed by atoms with Crippen molar-refractivity contribution in [3.05, 3.63) is 60.7 Å². The van der Waals surface area contributed by atoms with E-state index in [4.69, 9.17) is 9.15 Å². The van der Waals surface area contributed by atoms with Gasteiger partial charge in [0, 0.05) is 34.3 Å². The maximum atomic E-state index is 12.5. The molecular formula is C23H20N2O4S. The molecule has 0 fully saturated rings. The minimum Gasteiger partial charge on any atom is -0.495 e. The van der Waals surface area contributed by atoms with Gasteiger partial charge in [0.25, 0.3) is 0 Å². The minimum absolute atomic E-state index is 0.120. The van der Waals surface area contributed by atoms with Crippen LogP contribution in [-0.4, -0.2) is 24.7 Å². The van der Waals surface area contributed by atoms with E-state index in [9.17, 15) is 9.59 Å². The van der Waals surface area contributed by atoms with E-state index >= 15 is 0 Å². The number of rotatable bonds is 6. The number of hydrogen-bond acceptors (Lipinski definition) is 5. The first-order valence-electron chi connectivity index (χ1n) is 9.33. The molecule has 6 nitrogen and oxygen atoms in total. The Labute approximate surface area is 177 Å². The standard InChI is InChI=1S/C23H20N2O4S/c1-14(26)24-15-7-9-16(10-8-15)30-13-23(27)25-19-12-21-18(11-22(19)28-2)17-5-3-4-6-20(17)29-21/h3-12H,13H2,1-2H3,(H,24,26)(H,25,27). The average molecular weight is 420 g/mol. The highest BCUT2D eigenvalue weighted by molar-refractivity contribution is 8.00. The number of hydrogen-bond donors (Lipinski definition) is 2. The molecule has 1 aromatic heterocycles. The van der Waals surface area contributed by atoms with Gasteiger partial charge in [0.2, 0.25) is 11.8 Å². The van der Waals surface area contributed by atoms with Crippen molar-refractivity contribution in [1.82, 2.24) is 0 Å². The predicted octanol–water partition coefficient (Wildman–Crippen LogP) is 5.28. The van der Waals surface area contributed by atoms with Gasteiger partial charge in [0.1, 0.15) is 16.9 Å². The van der Waals surface area contributed by atoms with E-state index in [1.807, 2.05) is 42.5 Å². The van der Waals surface area contributed by atoms with Crippen molar-refractivity contribution >= 4 is 56.9 Å². The fraction of sp³-hybridized carbons (Fsp3) is 0.130. The van der Waals surface area contributed by atoms with E-state index in [1.54, 1.807) is 25.3 Å². The molecule has 0 spiro atoms. The second-order valence-corrected chi connectivity index (χ2v) is 7.74. The molecule has 0 aliphatic heterocycles. The van der Waals surface area contributed by atoms with Crippen molar-refractivity contribution in [3.8, 4) is 5.75 Å². The second-order valence-electron chi connectivity index (χ2n) is 6.69. The molecule has 3 aromatic carbocycles.